The minimum Gasteiger partial charge on any atom is -0.481 e. The lowest BCUT2D eigenvalue weighted by atomic mass is 9.97. The summed E-state index contributed by atoms with van der Waals surface area (Å²) in [5.74, 6) is 1.32. The highest BCUT2D eigenvalue weighted by molar-refractivity contribution is 6.39. The van der Waals surface area contributed by atoms with Crippen LogP contribution in [0.4, 0.5) is 4.79 Å². The van der Waals surface area contributed by atoms with E-state index < -0.39 is 6.09 Å². The van der Waals surface area contributed by atoms with E-state index >= 15 is 0 Å². The molecule has 56 heavy (non-hydrogen) atoms. The number of amides is 2. The zero-order valence-electron chi connectivity index (χ0n) is 32.5. The Bertz CT molecular complexity index is 2260. The number of nitrogens with zero attached hydrogens (tertiary/aromatic N) is 6. The molecule has 0 unspecified atom stereocenters. The number of benzene rings is 2. The molecule has 0 radical (unpaired) electrons. The molecule has 2 amide bonds. The Labute approximate surface area is 337 Å². The Morgan fingerprint density at radius 1 is 0.946 bits per heavy atom. The number of halogens is 2. The van der Waals surface area contributed by atoms with Crippen LogP contribution in [-0.2, 0) is 17.9 Å². The average Bonchev–Trinajstić information content (AvgIpc) is 3.72. The molecular formula is C42H49Cl2N7O5. The SMILES string of the molecule is COc1nc(-c2cccc(-c3cccc(-c4ccc5nn(CCCN(CC(C)C)CC(C)C)c(=O)n5c4)c3Cl)c2Cl)ccc1CN(C[C@@H]1CCC(=O)N1)C(=O)O. The summed E-state index contributed by atoms with van der Waals surface area (Å²) >= 11 is 14.3. The highest BCUT2D eigenvalue weighted by Crippen LogP contribution is 2.42. The Morgan fingerprint density at radius 2 is 1.61 bits per heavy atom. The molecule has 6 rings (SSSR count). The van der Waals surface area contributed by atoms with Crippen LogP contribution in [0, 0.1) is 11.8 Å². The molecule has 0 aliphatic carbocycles. The highest BCUT2D eigenvalue weighted by Gasteiger charge is 2.26. The van der Waals surface area contributed by atoms with Crippen LogP contribution in [0.3, 0.4) is 0 Å². The first kappa shape index (κ1) is 40.7. The van der Waals surface area contributed by atoms with Gasteiger partial charge in [-0.1, -0.05) is 87.3 Å². The van der Waals surface area contributed by atoms with Crippen molar-refractivity contribution in [3.8, 4) is 39.4 Å². The predicted molar refractivity (Wildman–Crippen MR) is 220 cm³/mol. The molecule has 1 aliphatic rings. The van der Waals surface area contributed by atoms with Crippen molar-refractivity contribution >= 4 is 40.8 Å². The van der Waals surface area contributed by atoms with Crippen LogP contribution in [0.25, 0.3) is 39.2 Å². The second kappa shape index (κ2) is 17.9. The van der Waals surface area contributed by atoms with Gasteiger partial charge in [0.05, 0.1) is 29.4 Å². The van der Waals surface area contributed by atoms with Crippen LogP contribution in [-0.4, -0.2) is 85.4 Å². The van der Waals surface area contributed by atoms with Gasteiger partial charge in [-0.15, -0.1) is 5.10 Å². The molecule has 1 atom stereocenters. The Hall–Kier alpha value is -4.91. The van der Waals surface area contributed by atoms with Gasteiger partial charge < -0.3 is 25.0 Å². The monoisotopic (exact) mass is 801 g/mol. The number of fused-ring (bicyclic) bond motifs is 1. The number of aromatic nitrogens is 4. The summed E-state index contributed by atoms with van der Waals surface area (Å²) in [7, 11) is 1.48. The van der Waals surface area contributed by atoms with Gasteiger partial charge in [-0.3, -0.25) is 4.79 Å². The summed E-state index contributed by atoms with van der Waals surface area (Å²) in [4.78, 5) is 45.7. The summed E-state index contributed by atoms with van der Waals surface area (Å²) in [6.45, 7) is 12.6. The van der Waals surface area contributed by atoms with Gasteiger partial charge in [0, 0.05) is 78.2 Å². The van der Waals surface area contributed by atoms with Crippen molar-refractivity contribution in [2.75, 3.05) is 33.3 Å². The Balaban J connectivity index is 1.23. The third-order valence-corrected chi connectivity index (χ3v) is 10.6. The largest absolute Gasteiger partial charge is 0.481 e. The fraction of sp³-hybridized carbons (Fsp3) is 0.405. The summed E-state index contributed by atoms with van der Waals surface area (Å²) in [6.07, 6.45) is 2.46. The molecule has 2 aromatic carbocycles. The number of hydrogen-bond acceptors (Lipinski definition) is 7. The second-order valence-electron chi connectivity index (χ2n) is 15.2. The van der Waals surface area contributed by atoms with E-state index in [0.29, 0.717) is 74.9 Å². The van der Waals surface area contributed by atoms with Crippen LogP contribution in [0.5, 0.6) is 5.88 Å². The van der Waals surface area contributed by atoms with E-state index in [1.54, 1.807) is 27.4 Å². The average molecular weight is 803 g/mol. The van der Waals surface area contributed by atoms with Gasteiger partial charge in [-0.25, -0.2) is 23.7 Å². The van der Waals surface area contributed by atoms with Crippen LogP contribution in [0.1, 0.15) is 52.5 Å². The topological polar surface area (TPSA) is 134 Å². The molecule has 296 valence electrons. The minimum absolute atomic E-state index is 0.0304. The molecule has 0 saturated carbocycles. The molecule has 12 nitrogen and oxygen atoms in total. The number of carboxylic acid groups (broad SMARTS) is 1. The van der Waals surface area contributed by atoms with Crippen LogP contribution in [0.15, 0.2) is 71.7 Å². The number of carbonyl (C=O) groups is 2. The molecule has 4 heterocycles. The van der Waals surface area contributed by atoms with E-state index in [9.17, 15) is 19.5 Å². The Kier molecular flexibility index (Phi) is 13.0. The molecule has 5 aromatic rings. The van der Waals surface area contributed by atoms with Gasteiger partial charge >= 0.3 is 11.8 Å². The summed E-state index contributed by atoms with van der Waals surface area (Å²) in [5.41, 5.74) is 4.98. The van der Waals surface area contributed by atoms with E-state index in [1.165, 1.54) is 12.0 Å². The van der Waals surface area contributed by atoms with Crippen LogP contribution >= 0.6 is 23.2 Å². The first-order valence-electron chi connectivity index (χ1n) is 19.0. The van der Waals surface area contributed by atoms with Gasteiger partial charge in [-0.05, 0) is 55.5 Å². The first-order valence-corrected chi connectivity index (χ1v) is 19.8. The maximum atomic E-state index is 13.5. The zero-order valence-corrected chi connectivity index (χ0v) is 34.0. The van der Waals surface area contributed by atoms with Gasteiger partial charge in [-0.2, -0.15) is 0 Å². The third kappa shape index (κ3) is 9.37. The number of carbonyl (C=O) groups excluding carboxylic acids is 1. The fourth-order valence-electron chi connectivity index (χ4n) is 7.37. The van der Waals surface area contributed by atoms with Crippen molar-refractivity contribution in [3.63, 3.8) is 0 Å². The van der Waals surface area contributed by atoms with Crippen molar-refractivity contribution in [1.29, 1.82) is 0 Å². The lowest BCUT2D eigenvalue weighted by Gasteiger charge is -2.25. The highest BCUT2D eigenvalue weighted by atomic mass is 35.5. The van der Waals surface area contributed by atoms with Gasteiger partial charge in [0.1, 0.15) is 0 Å². The van der Waals surface area contributed by atoms with E-state index in [1.807, 2.05) is 48.5 Å². The standard InChI is InChI=1S/C42H49Cl2N7O5/c1-26(2)21-48(22-27(3)4)19-8-20-51-41(53)50-24-28(14-17-36(50)47-51)31-9-6-10-32(38(31)43)33-11-7-12-34(39(33)44)35-16-13-29(40(46-35)56-5)23-49(42(54)55)25-30-15-18-37(52)45-30/h6-7,9-14,16-17,24,26-27,30H,8,15,18-23,25H2,1-5H3,(H,45,52)(H,54,55)/t30-/m0/s1. The smallest absolute Gasteiger partial charge is 0.407 e. The van der Waals surface area contributed by atoms with Gasteiger partial charge in [0.15, 0.2) is 5.65 Å². The van der Waals surface area contributed by atoms with E-state index in [2.05, 4.69) is 43.0 Å². The molecule has 3 aromatic heterocycles. The maximum Gasteiger partial charge on any atom is 0.407 e. The number of aryl methyl sites for hydroxylation is 1. The maximum absolute atomic E-state index is 13.5. The minimum atomic E-state index is -1.11. The molecule has 1 aliphatic heterocycles. The number of nitrogens with one attached hydrogen (secondary N) is 1. The summed E-state index contributed by atoms with van der Waals surface area (Å²) < 4.78 is 8.72. The summed E-state index contributed by atoms with van der Waals surface area (Å²) in [6, 6.07) is 18.4. The summed E-state index contributed by atoms with van der Waals surface area (Å²) in [5, 5.41) is 18.2. The molecule has 14 heteroatoms. The molecule has 1 fully saturated rings. The quantitative estimate of drug-likeness (QED) is 0.103. The van der Waals surface area contributed by atoms with E-state index in [4.69, 9.17) is 32.9 Å². The third-order valence-electron chi connectivity index (χ3n) is 9.83. The molecule has 2 N–H and O–H groups in total. The normalized spacial score (nSPS) is 14.3. The van der Waals surface area contributed by atoms with Crippen molar-refractivity contribution in [2.45, 2.75) is 66.1 Å². The number of rotatable bonds is 16. The van der Waals surface area contributed by atoms with Crippen molar-refractivity contribution in [1.82, 2.24) is 34.3 Å². The van der Waals surface area contributed by atoms with Crippen LogP contribution < -0.4 is 15.7 Å². The predicted octanol–water partition coefficient (Wildman–Crippen LogP) is 7.97. The molecule has 0 bridgehead atoms. The number of ether oxygens (including phenoxy) is 1. The number of hydrogen-bond donors (Lipinski definition) is 2. The molecule has 1 saturated heterocycles. The first-order chi connectivity index (χ1) is 26.8. The number of pyridine rings is 2. The lowest BCUT2D eigenvalue weighted by Crippen LogP contribution is -2.41. The lowest BCUT2D eigenvalue weighted by molar-refractivity contribution is -0.119. The van der Waals surface area contributed by atoms with Gasteiger partial charge in [0.2, 0.25) is 11.8 Å². The second-order valence-corrected chi connectivity index (χ2v) is 16.0. The fourth-order valence-corrected chi connectivity index (χ4v) is 8.03. The van der Waals surface area contributed by atoms with Crippen molar-refractivity contribution < 1.29 is 19.4 Å². The van der Waals surface area contributed by atoms with Gasteiger partial charge in [0.25, 0.3) is 0 Å². The number of methoxy groups -OCH3 is 1. The van der Waals surface area contributed by atoms with Crippen molar-refractivity contribution in [3.05, 3.63) is 93.0 Å². The zero-order chi connectivity index (χ0) is 40.1. The van der Waals surface area contributed by atoms with E-state index in [0.717, 1.165) is 37.2 Å². The van der Waals surface area contributed by atoms with Crippen LogP contribution in [0.2, 0.25) is 10.0 Å². The van der Waals surface area contributed by atoms with Crippen molar-refractivity contribution in [2.24, 2.45) is 11.8 Å². The molecular weight excluding hydrogens is 753 g/mol. The van der Waals surface area contributed by atoms with E-state index in [-0.39, 0.29) is 36.6 Å². The Morgan fingerprint density at radius 3 is 2.23 bits per heavy atom. The molecule has 0 spiro atoms.